The van der Waals surface area contributed by atoms with E-state index < -0.39 is 21.2 Å². The van der Waals surface area contributed by atoms with Crippen LogP contribution in [0.5, 0.6) is 0 Å². The Hall–Kier alpha value is -1.89. The largest absolute Gasteiger partial charge is 0.478 e. The van der Waals surface area contributed by atoms with Gasteiger partial charge in [-0.2, -0.15) is 0 Å². The van der Waals surface area contributed by atoms with Crippen molar-refractivity contribution in [2.45, 2.75) is 39.0 Å². The predicted molar refractivity (Wildman–Crippen MR) is 88.4 cm³/mol. The number of amides is 1. The van der Waals surface area contributed by atoms with Crippen LogP contribution >= 0.6 is 0 Å². The number of sulfone groups is 1. The maximum absolute atomic E-state index is 12.4. The Morgan fingerprint density at radius 3 is 2.22 bits per heavy atom. The van der Waals surface area contributed by atoms with Crippen molar-refractivity contribution in [3.05, 3.63) is 23.8 Å². The van der Waals surface area contributed by atoms with Crippen LogP contribution in [0.3, 0.4) is 0 Å². The number of hydrogen-bond acceptors (Lipinski definition) is 4. The number of carboxylic acids is 1. The number of carboxylic acid groups (broad SMARTS) is 1. The fourth-order valence-electron chi connectivity index (χ4n) is 2.42. The van der Waals surface area contributed by atoms with Gasteiger partial charge in [0, 0.05) is 17.4 Å². The molecule has 0 aliphatic heterocycles. The minimum atomic E-state index is -3.59. The van der Waals surface area contributed by atoms with Gasteiger partial charge in [-0.1, -0.05) is 27.7 Å². The Morgan fingerprint density at radius 2 is 1.78 bits per heavy atom. The number of anilines is 1. The second kappa shape index (κ2) is 6.70. The predicted octanol–water partition coefficient (Wildman–Crippen LogP) is 2.80. The lowest BCUT2D eigenvalue weighted by atomic mass is 9.83. The summed E-state index contributed by atoms with van der Waals surface area (Å²) in [5.41, 5.74) is -0.685. The molecule has 0 atom stereocenters. The lowest BCUT2D eigenvalue weighted by molar-refractivity contribution is -0.124. The number of rotatable bonds is 6. The zero-order chi connectivity index (χ0) is 18.0. The smallest absolute Gasteiger partial charge is 0.335 e. The SMILES string of the molecule is CC(C)CC(C)(C)C(=O)Nc1cc(C(=O)O)cc(S(C)(=O)=O)c1. The molecule has 0 radical (unpaired) electrons. The summed E-state index contributed by atoms with van der Waals surface area (Å²) in [5, 5.41) is 11.7. The van der Waals surface area contributed by atoms with Gasteiger partial charge in [0.25, 0.3) is 0 Å². The second-order valence-electron chi connectivity index (χ2n) is 6.76. The number of hydrogen-bond donors (Lipinski definition) is 2. The fraction of sp³-hybridized carbons (Fsp3) is 0.500. The molecule has 0 aliphatic carbocycles. The first-order valence-electron chi connectivity index (χ1n) is 7.23. The van der Waals surface area contributed by atoms with Crippen molar-refractivity contribution in [2.24, 2.45) is 11.3 Å². The van der Waals surface area contributed by atoms with Crippen molar-refractivity contribution in [3.63, 3.8) is 0 Å². The van der Waals surface area contributed by atoms with Gasteiger partial charge in [-0.3, -0.25) is 4.79 Å². The van der Waals surface area contributed by atoms with E-state index in [0.29, 0.717) is 12.3 Å². The van der Waals surface area contributed by atoms with Crippen LogP contribution in [-0.4, -0.2) is 31.7 Å². The van der Waals surface area contributed by atoms with Gasteiger partial charge in [-0.25, -0.2) is 13.2 Å². The van der Waals surface area contributed by atoms with E-state index in [1.54, 1.807) is 13.8 Å². The molecule has 6 nitrogen and oxygen atoms in total. The third-order valence-corrected chi connectivity index (χ3v) is 4.46. The summed E-state index contributed by atoms with van der Waals surface area (Å²) >= 11 is 0. The van der Waals surface area contributed by atoms with Crippen LogP contribution in [0.25, 0.3) is 0 Å². The molecular weight excluding hydrogens is 318 g/mol. The Balaban J connectivity index is 3.20. The second-order valence-corrected chi connectivity index (χ2v) is 8.78. The summed E-state index contributed by atoms with van der Waals surface area (Å²) in [4.78, 5) is 23.4. The van der Waals surface area contributed by atoms with Gasteiger partial charge in [-0.15, -0.1) is 0 Å². The van der Waals surface area contributed by atoms with Crippen molar-refractivity contribution >= 4 is 27.4 Å². The van der Waals surface area contributed by atoms with Gasteiger partial charge in [0.1, 0.15) is 0 Å². The first kappa shape index (κ1) is 19.2. The van der Waals surface area contributed by atoms with Crippen molar-refractivity contribution < 1.29 is 23.1 Å². The van der Waals surface area contributed by atoms with Gasteiger partial charge in [0.2, 0.25) is 5.91 Å². The standard InChI is InChI=1S/C16H23NO5S/c1-10(2)9-16(3,4)15(20)17-12-6-11(14(18)19)7-13(8-12)23(5,21)22/h6-8,10H,9H2,1-5H3,(H,17,20)(H,18,19). The number of aromatic carboxylic acids is 1. The van der Waals surface area contributed by atoms with E-state index in [0.717, 1.165) is 12.3 Å². The molecular formula is C16H23NO5S. The number of nitrogens with one attached hydrogen (secondary N) is 1. The van der Waals surface area contributed by atoms with E-state index in [1.807, 2.05) is 13.8 Å². The minimum absolute atomic E-state index is 0.144. The van der Waals surface area contributed by atoms with E-state index in [2.05, 4.69) is 5.32 Å². The van der Waals surface area contributed by atoms with Crippen LogP contribution in [-0.2, 0) is 14.6 Å². The summed E-state index contributed by atoms with van der Waals surface area (Å²) in [6.45, 7) is 7.59. The molecule has 0 heterocycles. The van der Waals surface area contributed by atoms with Gasteiger partial charge in [0.15, 0.2) is 9.84 Å². The summed E-state index contributed by atoms with van der Waals surface area (Å²) in [6, 6.07) is 3.60. The maximum atomic E-state index is 12.4. The van der Waals surface area contributed by atoms with Crippen molar-refractivity contribution in [1.82, 2.24) is 0 Å². The van der Waals surface area contributed by atoms with E-state index in [-0.39, 0.29) is 22.1 Å². The van der Waals surface area contributed by atoms with Gasteiger partial charge < -0.3 is 10.4 Å². The highest BCUT2D eigenvalue weighted by molar-refractivity contribution is 7.90. The van der Waals surface area contributed by atoms with E-state index in [1.165, 1.54) is 12.1 Å². The molecule has 0 saturated heterocycles. The Labute approximate surface area is 136 Å². The lowest BCUT2D eigenvalue weighted by Crippen LogP contribution is -2.32. The van der Waals surface area contributed by atoms with Gasteiger partial charge in [0.05, 0.1) is 10.5 Å². The number of carbonyl (C=O) groups is 2. The molecule has 2 N–H and O–H groups in total. The van der Waals surface area contributed by atoms with Crippen LogP contribution in [0.15, 0.2) is 23.1 Å². The molecule has 23 heavy (non-hydrogen) atoms. The maximum Gasteiger partial charge on any atom is 0.335 e. The number of benzene rings is 1. The molecule has 0 unspecified atom stereocenters. The first-order chi connectivity index (χ1) is 10.3. The molecule has 1 rings (SSSR count). The minimum Gasteiger partial charge on any atom is -0.478 e. The Morgan fingerprint density at radius 1 is 1.22 bits per heavy atom. The molecule has 1 aromatic rings. The van der Waals surface area contributed by atoms with Crippen molar-refractivity contribution in [3.8, 4) is 0 Å². The van der Waals surface area contributed by atoms with Crippen LogP contribution in [0.1, 0.15) is 44.5 Å². The summed E-state index contributed by atoms with van der Waals surface area (Å²) in [7, 11) is -3.59. The van der Waals surface area contributed by atoms with Crippen molar-refractivity contribution in [1.29, 1.82) is 0 Å². The molecule has 0 fully saturated rings. The molecule has 1 amide bonds. The van der Waals surface area contributed by atoms with Gasteiger partial charge in [-0.05, 0) is 30.5 Å². The lowest BCUT2D eigenvalue weighted by Gasteiger charge is -2.25. The molecule has 0 spiro atoms. The third kappa shape index (κ3) is 5.35. The topological polar surface area (TPSA) is 101 Å². The zero-order valence-electron chi connectivity index (χ0n) is 14.0. The molecule has 0 aromatic heterocycles. The van der Waals surface area contributed by atoms with Crippen molar-refractivity contribution in [2.75, 3.05) is 11.6 Å². The van der Waals surface area contributed by atoms with E-state index >= 15 is 0 Å². The van der Waals surface area contributed by atoms with Gasteiger partial charge >= 0.3 is 5.97 Å². The zero-order valence-corrected chi connectivity index (χ0v) is 14.8. The summed E-state index contributed by atoms with van der Waals surface area (Å²) in [6.07, 6.45) is 1.64. The molecule has 0 bridgehead atoms. The molecule has 128 valence electrons. The summed E-state index contributed by atoms with van der Waals surface area (Å²) < 4.78 is 23.4. The van der Waals surface area contributed by atoms with Crippen LogP contribution < -0.4 is 5.32 Å². The first-order valence-corrected chi connectivity index (χ1v) is 9.12. The van der Waals surface area contributed by atoms with Crippen LogP contribution in [0, 0.1) is 11.3 Å². The quantitative estimate of drug-likeness (QED) is 0.828. The van der Waals surface area contributed by atoms with E-state index in [4.69, 9.17) is 5.11 Å². The van der Waals surface area contributed by atoms with Crippen LogP contribution in [0.4, 0.5) is 5.69 Å². The Bertz CT molecular complexity index is 720. The molecule has 0 aliphatic rings. The molecule has 0 saturated carbocycles. The third-order valence-electron chi connectivity index (χ3n) is 3.37. The summed E-state index contributed by atoms with van der Waals surface area (Å²) in [5.74, 6) is -1.23. The average molecular weight is 341 g/mol. The monoisotopic (exact) mass is 341 g/mol. The van der Waals surface area contributed by atoms with E-state index in [9.17, 15) is 18.0 Å². The molecule has 7 heteroatoms. The Kier molecular flexibility index (Phi) is 5.58. The average Bonchev–Trinajstić information content (AvgIpc) is 2.35. The highest BCUT2D eigenvalue weighted by Gasteiger charge is 2.29. The highest BCUT2D eigenvalue weighted by atomic mass is 32.2. The number of carbonyl (C=O) groups excluding carboxylic acids is 1. The molecule has 1 aromatic carbocycles. The fourth-order valence-corrected chi connectivity index (χ4v) is 3.10. The highest BCUT2D eigenvalue weighted by Crippen LogP contribution is 2.28. The van der Waals surface area contributed by atoms with Crippen LogP contribution in [0.2, 0.25) is 0 Å². The normalized spacial score (nSPS) is 12.3.